The maximum absolute atomic E-state index is 14.1. The Labute approximate surface area is 255 Å². The van der Waals surface area contributed by atoms with Crippen molar-refractivity contribution in [2.24, 2.45) is 0 Å². The van der Waals surface area contributed by atoms with Gasteiger partial charge in [-0.25, -0.2) is 37.1 Å². The van der Waals surface area contributed by atoms with Crippen molar-refractivity contribution in [1.29, 1.82) is 0 Å². The van der Waals surface area contributed by atoms with E-state index in [4.69, 9.17) is 0 Å². The molecule has 13 heteroatoms. The van der Waals surface area contributed by atoms with Crippen LogP contribution in [0.3, 0.4) is 0 Å². The lowest BCUT2D eigenvalue weighted by molar-refractivity contribution is -0.125. The molecule has 1 fully saturated rings. The van der Waals surface area contributed by atoms with E-state index in [9.17, 15) is 22.0 Å². The molecule has 44 heavy (non-hydrogen) atoms. The average molecular weight is 624 g/mol. The van der Waals surface area contributed by atoms with Crippen LogP contribution in [0, 0.1) is 0 Å². The number of piperazine rings is 1. The molecule has 0 saturated carbocycles. The summed E-state index contributed by atoms with van der Waals surface area (Å²) < 4.78 is 57.2. The monoisotopic (exact) mass is 623 g/mol. The van der Waals surface area contributed by atoms with Crippen molar-refractivity contribution >= 4 is 32.9 Å². The molecular formula is C31H35F2N7O3S. The number of carbonyl (C=O) groups is 1. The number of halogens is 2. The van der Waals surface area contributed by atoms with E-state index < -0.39 is 27.9 Å². The Balaban J connectivity index is 1.41. The standard InChI is InChI=1S/C31H35F2N7O3S/c1-5-31(32,33)23-8-6-21(7-9-23)16-36-29(41)26-19-39(27-18-35-25-17-34-20-37-28(25)38-27)14-15-40(26)44(42,43)24-12-10-22(11-13-24)30(2,3)4/h6-13,17-18,20,26H,5,14-16,19H2,1-4H3,(H,36,41)/t26-/m1/s1. The summed E-state index contributed by atoms with van der Waals surface area (Å²) in [5.41, 5.74) is 2.21. The third-order valence-corrected chi connectivity index (χ3v) is 9.71. The number of nitrogens with one attached hydrogen (secondary N) is 1. The van der Waals surface area contributed by atoms with Crippen molar-refractivity contribution in [3.63, 3.8) is 0 Å². The molecular weight excluding hydrogens is 588 g/mol. The summed E-state index contributed by atoms with van der Waals surface area (Å²) in [5.74, 6) is -3.01. The molecule has 1 atom stereocenters. The zero-order chi connectivity index (χ0) is 31.7. The fourth-order valence-electron chi connectivity index (χ4n) is 5.03. The third-order valence-electron chi connectivity index (χ3n) is 7.78. The first-order valence-corrected chi connectivity index (χ1v) is 15.8. The van der Waals surface area contributed by atoms with Crippen LogP contribution in [0.15, 0.2) is 72.1 Å². The highest BCUT2D eigenvalue weighted by molar-refractivity contribution is 7.89. The minimum atomic E-state index is -4.06. The van der Waals surface area contributed by atoms with Crippen LogP contribution in [-0.4, -0.2) is 64.2 Å². The molecule has 2 aromatic carbocycles. The number of anilines is 1. The minimum absolute atomic E-state index is 0.0120. The fraction of sp³-hybridized carbons (Fsp3) is 0.387. The smallest absolute Gasteiger partial charge is 0.273 e. The molecule has 232 valence electrons. The van der Waals surface area contributed by atoms with Crippen LogP contribution in [0.4, 0.5) is 14.6 Å². The van der Waals surface area contributed by atoms with Crippen molar-refractivity contribution in [2.75, 3.05) is 24.5 Å². The van der Waals surface area contributed by atoms with Gasteiger partial charge < -0.3 is 10.2 Å². The number of fused-ring (bicyclic) bond motifs is 1. The van der Waals surface area contributed by atoms with E-state index >= 15 is 0 Å². The van der Waals surface area contributed by atoms with E-state index in [1.54, 1.807) is 41.6 Å². The number of rotatable bonds is 8. The van der Waals surface area contributed by atoms with Gasteiger partial charge in [0.05, 0.1) is 17.3 Å². The van der Waals surface area contributed by atoms with Crippen LogP contribution in [0.5, 0.6) is 0 Å². The Morgan fingerprint density at radius 2 is 1.66 bits per heavy atom. The van der Waals surface area contributed by atoms with Gasteiger partial charge >= 0.3 is 0 Å². The Kier molecular flexibility index (Phi) is 8.63. The SMILES string of the molecule is CCC(F)(F)c1ccc(CNC(=O)[C@H]2CN(c3cnc4cncnc4n3)CCN2S(=O)(=O)c2ccc(C(C)(C)C)cc2)cc1. The lowest BCUT2D eigenvalue weighted by atomic mass is 9.87. The van der Waals surface area contributed by atoms with Gasteiger partial charge in [-0.1, -0.05) is 64.1 Å². The second-order valence-electron chi connectivity index (χ2n) is 11.8. The first-order chi connectivity index (χ1) is 20.8. The Morgan fingerprint density at radius 1 is 0.977 bits per heavy atom. The highest BCUT2D eigenvalue weighted by atomic mass is 32.2. The number of hydrogen-bond acceptors (Lipinski definition) is 8. The fourth-order valence-corrected chi connectivity index (χ4v) is 6.60. The normalized spacial score (nSPS) is 16.7. The van der Waals surface area contributed by atoms with Crippen molar-refractivity contribution < 1.29 is 22.0 Å². The summed E-state index contributed by atoms with van der Waals surface area (Å²) in [4.78, 5) is 32.6. The van der Waals surface area contributed by atoms with Gasteiger partial charge in [0.1, 0.15) is 23.7 Å². The average Bonchev–Trinajstić information content (AvgIpc) is 3.03. The van der Waals surface area contributed by atoms with E-state index in [2.05, 4.69) is 25.3 Å². The molecule has 3 heterocycles. The molecule has 4 aromatic rings. The van der Waals surface area contributed by atoms with Gasteiger partial charge in [-0.3, -0.25) is 4.79 Å². The van der Waals surface area contributed by atoms with E-state index in [1.165, 1.54) is 41.8 Å². The van der Waals surface area contributed by atoms with Crippen LogP contribution in [-0.2, 0) is 32.7 Å². The van der Waals surface area contributed by atoms with Gasteiger partial charge in [-0.2, -0.15) is 4.31 Å². The number of hydrogen-bond donors (Lipinski definition) is 1. The molecule has 5 rings (SSSR count). The van der Waals surface area contributed by atoms with E-state index in [-0.39, 0.29) is 48.5 Å². The quantitative estimate of drug-likeness (QED) is 0.306. The van der Waals surface area contributed by atoms with Gasteiger partial charge in [0.25, 0.3) is 5.92 Å². The lowest BCUT2D eigenvalue weighted by Gasteiger charge is -2.40. The van der Waals surface area contributed by atoms with Crippen molar-refractivity contribution in [3.8, 4) is 0 Å². The van der Waals surface area contributed by atoms with Crippen LogP contribution in [0.25, 0.3) is 11.2 Å². The van der Waals surface area contributed by atoms with Gasteiger partial charge in [-0.15, -0.1) is 0 Å². The Bertz CT molecular complexity index is 1750. The van der Waals surface area contributed by atoms with Crippen LogP contribution in [0.1, 0.15) is 50.8 Å². The van der Waals surface area contributed by atoms with Crippen molar-refractivity contribution in [1.82, 2.24) is 29.6 Å². The molecule has 1 N–H and O–H groups in total. The topological polar surface area (TPSA) is 121 Å². The largest absolute Gasteiger partial charge is 0.352 e. The molecule has 0 unspecified atom stereocenters. The number of sulfonamides is 1. The molecule has 0 radical (unpaired) electrons. The number of alkyl halides is 2. The summed E-state index contributed by atoms with van der Waals surface area (Å²) in [5, 5.41) is 2.81. The van der Waals surface area contributed by atoms with Crippen molar-refractivity contribution in [2.45, 2.75) is 62.9 Å². The van der Waals surface area contributed by atoms with E-state index in [0.29, 0.717) is 22.5 Å². The first-order valence-electron chi connectivity index (χ1n) is 14.3. The molecule has 10 nitrogen and oxygen atoms in total. The van der Waals surface area contributed by atoms with Gasteiger partial charge in [-0.05, 0) is 28.7 Å². The predicted molar refractivity (Wildman–Crippen MR) is 163 cm³/mol. The highest BCUT2D eigenvalue weighted by Crippen LogP contribution is 2.31. The minimum Gasteiger partial charge on any atom is -0.352 e. The number of aromatic nitrogens is 4. The molecule has 0 aliphatic carbocycles. The van der Waals surface area contributed by atoms with Crippen LogP contribution >= 0.6 is 0 Å². The van der Waals surface area contributed by atoms with Crippen LogP contribution < -0.4 is 10.2 Å². The summed E-state index contributed by atoms with van der Waals surface area (Å²) in [6.45, 7) is 7.87. The Morgan fingerprint density at radius 3 is 2.32 bits per heavy atom. The molecule has 1 aliphatic rings. The summed E-state index contributed by atoms with van der Waals surface area (Å²) in [7, 11) is -4.06. The molecule has 0 spiro atoms. The van der Waals surface area contributed by atoms with E-state index in [1.807, 2.05) is 20.8 Å². The zero-order valence-electron chi connectivity index (χ0n) is 25.0. The molecule has 1 saturated heterocycles. The molecule has 2 aromatic heterocycles. The second kappa shape index (κ2) is 12.1. The van der Waals surface area contributed by atoms with Gasteiger partial charge in [0, 0.05) is 38.2 Å². The maximum atomic E-state index is 14.1. The number of amides is 1. The number of carbonyl (C=O) groups excluding carboxylic acids is 1. The predicted octanol–water partition coefficient (Wildman–Crippen LogP) is 4.42. The zero-order valence-corrected chi connectivity index (χ0v) is 25.9. The summed E-state index contributed by atoms with van der Waals surface area (Å²) in [6.07, 6.45) is 4.13. The van der Waals surface area contributed by atoms with E-state index in [0.717, 1.165) is 5.56 Å². The maximum Gasteiger partial charge on any atom is 0.273 e. The molecule has 0 bridgehead atoms. The van der Waals surface area contributed by atoms with Gasteiger partial charge in [0.15, 0.2) is 5.65 Å². The summed E-state index contributed by atoms with van der Waals surface area (Å²) in [6, 6.07) is 11.4. The van der Waals surface area contributed by atoms with Gasteiger partial charge in [0.2, 0.25) is 15.9 Å². The Hall–Kier alpha value is -4.10. The lowest BCUT2D eigenvalue weighted by Crippen LogP contribution is -2.60. The third kappa shape index (κ3) is 6.53. The van der Waals surface area contributed by atoms with Crippen molar-refractivity contribution in [3.05, 3.63) is 83.9 Å². The second-order valence-corrected chi connectivity index (χ2v) is 13.7. The summed E-state index contributed by atoms with van der Waals surface area (Å²) >= 11 is 0. The number of nitrogens with zero attached hydrogens (tertiary/aromatic N) is 6. The first kappa shape index (κ1) is 31.3. The molecule has 1 aliphatic heterocycles. The van der Waals surface area contributed by atoms with Crippen LogP contribution in [0.2, 0.25) is 0 Å². The number of benzene rings is 2. The highest BCUT2D eigenvalue weighted by Gasteiger charge is 2.41. The molecule has 1 amide bonds.